The number of rotatable bonds is 3. The maximum Gasteiger partial charge on any atom is 0.103 e. The van der Waals surface area contributed by atoms with Crippen LogP contribution in [0.2, 0.25) is 25.7 Å². The van der Waals surface area contributed by atoms with Crippen molar-refractivity contribution in [3.8, 4) is 0 Å². The lowest BCUT2D eigenvalue weighted by Gasteiger charge is -2.13. The summed E-state index contributed by atoms with van der Waals surface area (Å²) in [4.78, 5) is 0. The Balaban J connectivity index is 2.35. The summed E-state index contributed by atoms with van der Waals surface area (Å²) < 4.78 is 5.25. The molecule has 0 saturated carbocycles. The molecule has 0 saturated heterocycles. The third-order valence-electron chi connectivity index (χ3n) is 1.70. The molecular formula is C9H16OSi. The van der Waals surface area contributed by atoms with Crippen LogP contribution < -0.4 is 0 Å². The van der Waals surface area contributed by atoms with E-state index in [1.807, 2.05) is 6.07 Å². The van der Waals surface area contributed by atoms with Gasteiger partial charge < -0.3 is 4.42 Å². The van der Waals surface area contributed by atoms with Crippen molar-refractivity contribution in [2.24, 2.45) is 0 Å². The first-order chi connectivity index (χ1) is 5.08. The summed E-state index contributed by atoms with van der Waals surface area (Å²) in [6.45, 7) is 7.15. The van der Waals surface area contributed by atoms with E-state index in [9.17, 15) is 0 Å². The molecule has 1 rings (SSSR count). The first kappa shape index (κ1) is 8.59. The fourth-order valence-electron chi connectivity index (χ4n) is 0.953. The van der Waals surface area contributed by atoms with Gasteiger partial charge in [-0.1, -0.05) is 25.7 Å². The summed E-state index contributed by atoms with van der Waals surface area (Å²) in [5.74, 6) is 1.13. The van der Waals surface area contributed by atoms with Crippen molar-refractivity contribution in [3.63, 3.8) is 0 Å². The summed E-state index contributed by atoms with van der Waals surface area (Å²) in [5.41, 5.74) is 0. The molecule has 1 aromatic rings. The van der Waals surface area contributed by atoms with Crippen LogP contribution in [0.15, 0.2) is 22.8 Å². The molecule has 0 amide bonds. The highest BCUT2D eigenvalue weighted by Crippen LogP contribution is 2.13. The Morgan fingerprint density at radius 3 is 2.55 bits per heavy atom. The zero-order valence-electron chi connectivity index (χ0n) is 7.55. The van der Waals surface area contributed by atoms with E-state index in [0.717, 1.165) is 12.2 Å². The molecule has 0 fully saturated rings. The largest absolute Gasteiger partial charge is 0.469 e. The summed E-state index contributed by atoms with van der Waals surface area (Å²) in [5, 5.41) is 0. The normalized spacial score (nSPS) is 11.9. The van der Waals surface area contributed by atoms with Crippen LogP contribution >= 0.6 is 0 Å². The second-order valence-corrected chi connectivity index (χ2v) is 9.76. The minimum atomic E-state index is -0.873. The zero-order chi connectivity index (χ0) is 8.32. The van der Waals surface area contributed by atoms with E-state index in [0.29, 0.717) is 0 Å². The molecule has 0 N–H and O–H groups in total. The van der Waals surface area contributed by atoms with Crippen molar-refractivity contribution < 1.29 is 4.42 Å². The molecule has 0 unspecified atom stereocenters. The zero-order valence-corrected chi connectivity index (χ0v) is 8.55. The van der Waals surface area contributed by atoms with Gasteiger partial charge in [-0.25, -0.2) is 0 Å². The number of aryl methyl sites for hydroxylation is 1. The number of hydrogen-bond donors (Lipinski definition) is 0. The molecular weight excluding hydrogens is 152 g/mol. The lowest BCUT2D eigenvalue weighted by molar-refractivity contribution is 0.515. The minimum Gasteiger partial charge on any atom is -0.469 e. The Morgan fingerprint density at radius 2 is 2.09 bits per heavy atom. The minimum absolute atomic E-state index is 0.873. The Kier molecular flexibility index (Phi) is 2.55. The van der Waals surface area contributed by atoms with Gasteiger partial charge in [-0.15, -0.1) is 0 Å². The van der Waals surface area contributed by atoms with Crippen molar-refractivity contribution in [2.75, 3.05) is 0 Å². The third-order valence-corrected chi connectivity index (χ3v) is 3.45. The lowest BCUT2D eigenvalue weighted by Crippen LogP contribution is -2.19. The van der Waals surface area contributed by atoms with Crippen LogP contribution in [-0.2, 0) is 6.42 Å². The van der Waals surface area contributed by atoms with Crippen LogP contribution in [-0.4, -0.2) is 8.07 Å². The van der Waals surface area contributed by atoms with E-state index < -0.39 is 8.07 Å². The van der Waals surface area contributed by atoms with Crippen molar-refractivity contribution in [1.29, 1.82) is 0 Å². The first-order valence-electron chi connectivity index (χ1n) is 4.10. The predicted octanol–water partition coefficient (Wildman–Crippen LogP) is 3.16. The molecule has 0 aliphatic carbocycles. The van der Waals surface area contributed by atoms with Crippen LogP contribution in [0.1, 0.15) is 5.76 Å². The first-order valence-corrected chi connectivity index (χ1v) is 7.81. The molecule has 0 spiro atoms. The van der Waals surface area contributed by atoms with E-state index in [-0.39, 0.29) is 0 Å². The van der Waals surface area contributed by atoms with Gasteiger partial charge in [-0.2, -0.15) is 0 Å². The molecule has 0 radical (unpaired) electrons. The fraction of sp³-hybridized carbons (Fsp3) is 0.556. The predicted molar refractivity (Wildman–Crippen MR) is 50.6 cm³/mol. The Bertz CT molecular complexity index is 196. The highest BCUT2D eigenvalue weighted by Gasteiger charge is 2.12. The van der Waals surface area contributed by atoms with E-state index in [4.69, 9.17) is 4.42 Å². The molecule has 11 heavy (non-hydrogen) atoms. The SMILES string of the molecule is C[Si](C)(C)CCc1ccco1. The second kappa shape index (κ2) is 3.26. The summed E-state index contributed by atoms with van der Waals surface area (Å²) in [6, 6.07) is 5.33. The van der Waals surface area contributed by atoms with Crippen molar-refractivity contribution >= 4 is 8.07 Å². The van der Waals surface area contributed by atoms with Crippen molar-refractivity contribution in [1.82, 2.24) is 0 Å². The quantitative estimate of drug-likeness (QED) is 0.632. The van der Waals surface area contributed by atoms with Crippen molar-refractivity contribution in [3.05, 3.63) is 24.2 Å². The Hall–Kier alpha value is -0.503. The molecule has 1 heterocycles. The smallest absolute Gasteiger partial charge is 0.103 e. The van der Waals surface area contributed by atoms with E-state index in [1.165, 1.54) is 6.04 Å². The van der Waals surface area contributed by atoms with Gasteiger partial charge in [0.25, 0.3) is 0 Å². The molecule has 0 aromatic carbocycles. The van der Waals surface area contributed by atoms with Crippen LogP contribution in [0.3, 0.4) is 0 Å². The molecule has 0 aliphatic heterocycles. The van der Waals surface area contributed by atoms with Gasteiger partial charge in [0.15, 0.2) is 0 Å². The molecule has 0 atom stereocenters. The highest BCUT2D eigenvalue weighted by atomic mass is 28.3. The molecule has 1 aromatic heterocycles. The standard InChI is InChI=1S/C9H16OSi/c1-11(2,3)8-6-9-5-4-7-10-9/h4-5,7H,6,8H2,1-3H3. The maximum absolute atomic E-state index is 5.25. The molecule has 0 bridgehead atoms. The second-order valence-electron chi connectivity index (χ2n) is 4.14. The third kappa shape index (κ3) is 3.42. The van der Waals surface area contributed by atoms with Gasteiger partial charge in [0.05, 0.1) is 6.26 Å². The van der Waals surface area contributed by atoms with Gasteiger partial charge >= 0.3 is 0 Å². The van der Waals surface area contributed by atoms with Crippen LogP contribution in [0.5, 0.6) is 0 Å². The monoisotopic (exact) mass is 168 g/mol. The summed E-state index contributed by atoms with van der Waals surface area (Å²) >= 11 is 0. The topological polar surface area (TPSA) is 13.1 Å². The number of furan rings is 1. The average Bonchev–Trinajstić information content (AvgIpc) is 2.32. The van der Waals surface area contributed by atoms with E-state index >= 15 is 0 Å². The summed E-state index contributed by atoms with van der Waals surface area (Å²) in [6.07, 6.45) is 2.86. The van der Waals surface area contributed by atoms with Crippen LogP contribution in [0, 0.1) is 0 Å². The van der Waals surface area contributed by atoms with Gasteiger partial charge in [0, 0.05) is 14.5 Å². The van der Waals surface area contributed by atoms with Gasteiger partial charge in [0.2, 0.25) is 0 Å². The van der Waals surface area contributed by atoms with Crippen LogP contribution in [0.25, 0.3) is 0 Å². The van der Waals surface area contributed by atoms with E-state index in [2.05, 4.69) is 25.7 Å². The Labute approximate surface area is 69.4 Å². The molecule has 2 heteroatoms. The molecule has 0 aliphatic rings. The Morgan fingerprint density at radius 1 is 1.36 bits per heavy atom. The van der Waals surface area contributed by atoms with Gasteiger partial charge in [0.1, 0.15) is 5.76 Å². The fourth-order valence-corrected chi connectivity index (χ4v) is 1.95. The lowest BCUT2D eigenvalue weighted by atomic mass is 10.4. The molecule has 1 nitrogen and oxygen atoms in total. The molecule has 62 valence electrons. The van der Waals surface area contributed by atoms with Crippen LogP contribution in [0.4, 0.5) is 0 Å². The number of hydrogen-bond acceptors (Lipinski definition) is 1. The summed E-state index contributed by atoms with van der Waals surface area (Å²) in [7, 11) is -0.873. The maximum atomic E-state index is 5.25. The highest BCUT2D eigenvalue weighted by molar-refractivity contribution is 6.76. The average molecular weight is 168 g/mol. The van der Waals surface area contributed by atoms with Gasteiger partial charge in [-0.05, 0) is 12.1 Å². The van der Waals surface area contributed by atoms with Gasteiger partial charge in [-0.3, -0.25) is 0 Å². The van der Waals surface area contributed by atoms with E-state index in [1.54, 1.807) is 6.26 Å². The van der Waals surface area contributed by atoms with Crippen molar-refractivity contribution in [2.45, 2.75) is 32.1 Å².